The quantitative estimate of drug-likeness (QED) is 0.898. The zero-order valence-electron chi connectivity index (χ0n) is 11.5. The van der Waals surface area contributed by atoms with Gasteiger partial charge in [-0.05, 0) is 25.8 Å². The lowest BCUT2D eigenvalue weighted by molar-refractivity contribution is -0.187. The summed E-state index contributed by atoms with van der Waals surface area (Å²) < 4.78 is 39.0. The lowest BCUT2D eigenvalue weighted by Gasteiger charge is -2.33. The monoisotopic (exact) mass is 320 g/mol. The summed E-state index contributed by atoms with van der Waals surface area (Å²) in [7, 11) is 0. The molecule has 1 aliphatic rings. The number of hydrogen-bond acceptors (Lipinski definition) is 2. The fraction of sp³-hybridized carbons (Fsp3) is 0.571. The maximum absolute atomic E-state index is 13.0. The molecule has 1 heterocycles. The largest absolute Gasteiger partial charge is 0.393 e. The number of aryl methyl sites for hydroxylation is 1. The second-order valence-electron chi connectivity index (χ2n) is 5.32. The smallest absolute Gasteiger partial charge is 0.349 e. The fourth-order valence-corrected chi connectivity index (χ4v) is 2.93. The highest BCUT2D eigenvalue weighted by atomic mass is 35.5. The van der Waals surface area contributed by atoms with Crippen molar-refractivity contribution in [3.05, 3.63) is 28.5 Å². The SMILES string of the molecule is Cc1cc(Cl)c(C(=O)NC2CCCCC2C(F)(F)F)cn1. The van der Waals surface area contributed by atoms with Crippen LogP contribution in [0.15, 0.2) is 12.3 Å². The van der Waals surface area contributed by atoms with E-state index in [-0.39, 0.29) is 17.0 Å². The fourth-order valence-electron chi connectivity index (χ4n) is 2.64. The minimum Gasteiger partial charge on any atom is -0.349 e. The van der Waals surface area contributed by atoms with E-state index < -0.39 is 24.0 Å². The second kappa shape index (κ2) is 6.22. The van der Waals surface area contributed by atoms with Crippen LogP contribution in [0.4, 0.5) is 13.2 Å². The molecule has 0 spiro atoms. The lowest BCUT2D eigenvalue weighted by Crippen LogP contribution is -2.47. The Morgan fingerprint density at radius 1 is 1.38 bits per heavy atom. The number of rotatable bonds is 2. The molecule has 116 valence electrons. The molecule has 0 aromatic carbocycles. The van der Waals surface area contributed by atoms with Crippen LogP contribution in [0.25, 0.3) is 0 Å². The number of hydrogen-bond donors (Lipinski definition) is 1. The molecule has 0 radical (unpaired) electrons. The van der Waals surface area contributed by atoms with Gasteiger partial charge in [-0.15, -0.1) is 0 Å². The minimum atomic E-state index is -4.30. The molecule has 0 saturated heterocycles. The first-order valence-corrected chi connectivity index (χ1v) is 7.16. The molecule has 2 rings (SSSR count). The molecular formula is C14H16ClF3N2O. The topological polar surface area (TPSA) is 42.0 Å². The van der Waals surface area contributed by atoms with E-state index in [9.17, 15) is 18.0 Å². The third-order valence-electron chi connectivity index (χ3n) is 3.74. The summed E-state index contributed by atoms with van der Waals surface area (Å²) in [6.07, 6.45) is -1.42. The summed E-state index contributed by atoms with van der Waals surface area (Å²) in [5, 5.41) is 2.66. The van der Waals surface area contributed by atoms with Crippen molar-refractivity contribution in [3.63, 3.8) is 0 Å². The van der Waals surface area contributed by atoms with E-state index in [1.54, 1.807) is 6.92 Å². The van der Waals surface area contributed by atoms with Gasteiger partial charge in [0.05, 0.1) is 16.5 Å². The first-order valence-electron chi connectivity index (χ1n) is 6.79. The van der Waals surface area contributed by atoms with Crippen LogP contribution < -0.4 is 5.32 Å². The Kier molecular flexibility index (Phi) is 4.76. The number of pyridine rings is 1. The molecule has 1 aromatic rings. The number of carbonyl (C=O) groups is 1. The van der Waals surface area contributed by atoms with E-state index in [0.29, 0.717) is 25.0 Å². The maximum atomic E-state index is 13.0. The van der Waals surface area contributed by atoms with Crippen molar-refractivity contribution < 1.29 is 18.0 Å². The highest BCUT2D eigenvalue weighted by Crippen LogP contribution is 2.37. The number of aromatic nitrogens is 1. The highest BCUT2D eigenvalue weighted by molar-refractivity contribution is 6.33. The molecule has 3 nitrogen and oxygen atoms in total. The van der Waals surface area contributed by atoms with E-state index in [4.69, 9.17) is 11.6 Å². The van der Waals surface area contributed by atoms with Gasteiger partial charge >= 0.3 is 6.18 Å². The third-order valence-corrected chi connectivity index (χ3v) is 4.05. The Hall–Kier alpha value is -1.30. The molecular weight excluding hydrogens is 305 g/mol. The van der Waals surface area contributed by atoms with Gasteiger partial charge in [-0.25, -0.2) is 0 Å². The van der Waals surface area contributed by atoms with Crippen molar-refractivity contribution >= 4 is 17.5 Å². The minimum absolute atomic E-state index is 0.0499. The van der Waals surface area contributed by atoms with Gasteiger partial charge in [-0.3, -0.25) is 9.78 Å². The average Bonchev–Trinajstić information content (AvgIpc) is 2.37. The average molecular weight is 321 g/mol. The molecule has 2 atom stereocenters. The summed E-state index contributed by atoms with van der Waals surface area (Å²) in [4.78, 5) is 16.1. The van der Waals surface area contributed by atoms with Gasteiger partial charge in [0.2, 0.25) is 0 Å². The van der Waals surface area contributed by atoms with Gasteiger partial charge < -0.3 is 5.32 Å². The molecule has 1 fully saturated rings. The summed E-state index contributed by atoms with van der Waals surface area (Å²) >= 11 is 5.95. The number of carbonyl (C=O) groups excluding carboxylic acids is 1. The zero-order valence-corrected chi connectivity index (χ0v) is 12.3. The van der Waals surface area contributed by atoms with Crippen LogP contribution >= 0.6 is 11.6 Å². The van der Waals surface area contributed by atoms with E-state index in [0.717, 1.165) is 0 Å². The van der Waals surface area contributed by atoms with Crippen LogP contribution in [-0.2, 0) is 0 Å². The number of halogens is 4. The molecule has 2 unspecified atom stereocenters. The van der Waals surface area contributed by atoms with Crippen molar-refractivity contribution in [1.82, 2.24) is 10.3 Å². The Morgan fingerprint density at radius 2 is 2.05 bits per heavy atom. The number of nitrogens with zero attached hydrogens (tertiary/aromatic N) is 1. The van der Waals surface area contributed by atoms with Crippen molar-refractivity contribution in [1.29, 1.82) is 0 Å². The van der Waals surface area contributed by atoms with E-state index in [1.807, 2.05) is 0 Å². The molecule has 1 amide bonds. The second-order valence-corrected chi connectivity index (χ2v) is 5.73. The van der Waals surface area contributed by atoms with Crippen LogP contribution in [0.5, 0.6) is 0 Å². The molecule has 1 N–H and O–H groups in total. The van der Waals surface area contributed by atoms with Gasteiger partial charge in [0.25, 0.3) is 5.91 Å². The number of nitrogens with one attached hydrogen (secondary N) is 1. The lowest BCUT2D eigenvalue weighted by atomic mass is 9.84. The molecule has 0 aliphatic heterocycles. The molecule has 0 bridgehead atoms. The van der Waals surface area contributed by atoms with Crippen molar-refractivity contribution in [2.24, 2.45) is 5.92 Å². The highest BCUT2D eigenvalue weighted by Gasteiger charge is 2.46. The molecule has 1 aliphatic carbocycles. The van der Waals surface area contributed by atoms with E-state index in [1.165, 1.54) is 12.3 Å². The first-order chi connectivity index (χ1) is 9.79. The number of amides is 1. The predicted molar refractivity (Wildman–Crippen MR) is 73.3 cm³/mol. The standard InChI is InChI=1S/C14H16ClF3N2O/c1-8-6-11(15)9(7-19-8)13(21)20-12-5-3-2-4-10(12)14(16,17)18/h6-7,10,12H,2-5H2,1H3,(H,20,21). The molecule has 21 heavy (non-hydrogen) atoms. The maximum Gasteiger partial charge on any atom is 0.393 e. The molecule has 1 saturated carbocycles. The molecule has 1 aromatic heterocycles. The van der Waals surface area contributed by atoms with Gasteiger partial charge in [0.15, 0.2) is 0 Å². The van der Waals surface area contributed by atoms with Gasteiger partial charge in [-0.2, -0.15) is 13.2 Å². The van der Waals surface area contributed by atoms with E-state index in [2.05, 4.69) is 10.3 Å². The summed E-state index contributed by atoms with van der Waals surface area (Å²) in [6.45, 7) is 1.72. The van der Waals surface area contributed by atoms with Crippen LogP contribution in [0.3, 0.4) is 0 Å². The third kappa shape index (κ3) is 3.87. The summed E-state index contributed by atoms with van der Waals surface area (Å²) in [5.41, 5.74) is 0.746. The van der Waals surface area contributed by atoms with Crippen LogP contribution in [-0.4, -0.2) is 23.1 Å². The Labute approximate surface area is 125 Å². The first kappa shape index (κ1) is 16.1. The Morgan fingerprint density at radius 3 is 2.67 bits per heavy atom. The van der Waals surface area contributed by atoms with Crippen molar-refractivity contribution in [2.75, 3.05) is 0 Å². The predicted octanol–water partition coefficient (Wildman–Crippen LogP) is 3.89. The Bertz CT molecular complexity index is 533. The van der Waals surface area contributed by atoms with E-state index >= 15 is 0 Å². The van der Waals surface area contributed by atoms with Crippen molar-refractivity contribution in [2.45, 2.75) is 44.8 Å². The zero-order chi connectivity index (χ0) is 15.6. The normalized spacial score (nSPS) is 22.9. The van der Waals surface area contributed by atoms with Crippen LogP contribution in [0, 0.1) is 12.8 Å². The molecule has 7 heteroatoms. The summed E-state index contributed by atoms with van der Waals surface area (Å²) in [5.74, 6) is -2.10. The van der Waals surface area contributed by atoms with Crippen molar-refractivity contribution in [3.8, 4) is 0 Å². The van der Waals surface area contributed by atoms with Gasteiger partial charge in [0, 0.05) is 17.9 Å². The van der Waals surface area contributed by atoms with Crippen LogP contribution in [0.1, 0.15) is 41.7 Å². The number of alkyl halides is 3. The van der Waals surface area contributed by atoms with Crippen LogP contribution in [0.2, 0.25) is 5.02 Å². The van der Waals surface area contributed by atoms with Gasteiger partial charge in [-0.1, -0.05) is 24.4 Å². The summed E-state index contributed by atoms with van der Waals surface area (Å²) in [6, 6.07) is 0.613. The van der Waals surface area contributed by atoms with Gasteiger partial charge in [0.1, 0.15) is 0 Å². The Balaban J connectivity index is 2.13.